The minimum atomic E-state index is -1.61. The highest BCUT2D eigenvalue weighted by molar-refractivity contribution is 6.87. The monoisotopic (exact) mass is 196 g/mol. The van der Waals surface area contributed by atoms with E-state index in [-0.39, 0.29) is 5.78 Å². The van der Waals surface area contributed by atoms with Crippen molar-refractivity contribution < 1.29 is 9.90 Å². The molecule has 0 heterocycles. The Morgan fingerprint density at radius 3 is 2.31 bits per heavy atom. The normalized spacial score (nSPS) is 29.0. The van der Waals surface area contributed by atoms with Crippen molar-refractivity contribution in [2.45, 2.75) is 32.2 Å². The van der Waals surface area contributed by atoms with Gasteiger partial charge in [0.15, 0.2) is 5.78 Å². The van der Waals surface area contributed by atoms with Gasteiger partial charge in [-0.1, -0.05) is 19.6 Å². The standard InChI is InChI=1S/C10H16O2Si/c1-10(12)6-5-8(11)9(7-10)13(2,3)4/h5-7,12H,1-4H3. The van der Waals surface area contributed by atoms with E-state index in [4.69, 9.17) is 0 Å². The smallest absolute Gasteiger partial charge is 0.177 e. The first-order chi connectivity index (χ1) is 5.72. The zero-order valence-corrected chi connectivity index (χ0v) is 9.59. The van der Waals surface area contributed by atoms with Gasteiger partial charge in [-0.15, -0.1) is 0 Å². The molecule has 1 aliphatic carbocycles. The minimum Gasteiger partial charge on any atom is -0.382 e. The molecule has 0 spiro atoms. The quantitative estimate of drug-likeness (QED) is 0.648. The number of hydrogen-bond donors (Lipinski definition) is 1. The molecule has 1 N–H and O–H groups in total. The van der Waals surface area contributed by atoms with Gasteiger partial charge in [0.05, 0.1) is 13.7 Å². The van der Waals surface area contributed by atoms with Crippen molar-refractivity contribution in [3.05, 3.63) is 23.4 Å². The first-order valence-electron chi connectivity index (χ1n) is 4.42. The van der Waals surface area contributed by atoms with Crippen LogP contribution in [0.5, 0.6) is 0 Å². The second kappa shape index (κ2) is 2.92. The maximum atomic E-state index is 11.5. The predicted octanol–water partition coefficient (Wildman–Crippen LogP) is 1.68. The fourth-order valence-corrected chi connectivity index (χ4v) is 2.88. The third-order valence-corrected chi connectivity index (χ3v) is 4.09. The highest BCUT2D eigenvalue weighted by Crippen LogP contribution is 2.24. The zero-order chi connectivity index (χ0) is 10.3. The van der Waals surface area contributed by atoms with Crippen LogP contribution in [0.1, 0.15) is 6.92 Å². The lowest BCUT2D eigenvalue weighted by Crippen LogP contribution is -2.35. The van der Waals surface area contributed by atoms with E-state index in [0.29, 0.717) is 0 Å². The fraction of sp³-hybridized carbons (Fsp3) is 0.500. The van der Waals surface area contributed by atoms with E-state index in [1.807, 2.05) is 0 Å². The van der Waals surface area contributed by atoms with E-state index >= 15 is 0 Å². The molecular formula is C10H16O2Si. The van der Waals surface area contributed by atoms with E-state index in [1.54, 1.807) is 19.1 Å². The van der Waals surface area contributed by atoms with Crippen LogP contribution in [-0.2, 0) is 4.79 Å². The summed E-state index contributed by atoms with van der Waals surface area (Å²) >= 11 is 0. The molecule has 1 rings (SSSR count). The molecule has 0 aromatic heterocycles. The summed E-state index contributed by atoms with van der Waals surface area (Å²) in [6.07, 6.45) is 4.72. The Bertz CT molecular complexity index is 293. The van der Waals surface area contributed by atoms with Crippen molar-refractivity contribution in [2.75, 3.05) is 0 Å². The van der Waals surface area contributed by atoms with Gasteiger partial charge in [-0.25, -0.2) is 0 Å². The van der Waals surface area contributed by atoms with Gasteiger partial charge in [0.25, 0.3) is 0 Å². The van der Waals surface area contributed by atoms with Crippen LogP contribution in [0.25, 0.3) is 0 Å². The van der Waals surface area contributed by atoms with Crippen LogP contribution in [0.4, 0.5) is 0 Å². The molecule has 13 heavy (non-hydrogen) atoms. The molecule has 0 aromatic rings. The van der Waals surface area contributed by atoms with E-state index in [9.17, 15) is 9.90 Å². The molecule has 0 bridgehead atoms. The SMILES string of the molecule is CC1(O)C=CC(=O)C([Si](C)(C)C)=C1. The molecule has 72 valence electrons. The van der Waals surface area contributed by atoms with Crippen molar-refractivity contribution >= 4 is 13.9 Å². The van der Waals surface area contributed by atoms with Gasteiger partial charge in [-0.3, -0.25) is 4.79 Å². The molecule has 0 radical (unpaired) electrons. The molecule has 0 aliphatic heterocycles. The molecule has 1 atom stereocenters. The van der Waals surface area contributed by atoms with Crippen molar-refractivity contribution in [1.82, 2.24) is 0 Å². The third-order valence-electron chi connectivity index (χ3n) is 2.08. The molecule has 0 saturated carbocycles. The largest absolute Gasteiger partial charge is 0.382 e. The predicted molar refractivity (Wildman–Crippen MR) is 56.2 cm³/mol. The molecular weight excluding hydrogens is 180 g/mol. The summed E-state index contributed by atoms with van der Waals surface area (Å²) in [7, 11) is -1.61. The van der Waals surface area contributed by atoms with Gasteiger partial charge in [0, 0.05) is 0 Å². The lowest BCUT2D eigenvalue weighted by atomic mass is 10.0. The molecule has 1 unspecified atom stereocenters. The third kappa shape index (κ3) is 2.38. The fourth-order valence-electron chi connectivity index (χ4n) is 1.33. The molecule has 1 aliphatic rings. The van der Waals surface area contributed by atoms with Crippen LogP contribution in [-0.4, -0.2) is 24.6 Å². The number of ketones is 1. The Morgan fingerprint density at radius 2 is 1.92 bits per heavy atom. The lowest BCUT2D eigenvalue weighted by molar-refractivity contribution is -0.111. The highest BCUT2D eigenvalue weighted by atomic mass is 28.3. The Kier molecular flexibility index (Phi) is 2.34. The maximum Gasteiger partial charge on any atom is 0.177 e. The summed E-state index contributed by atoms with van der Waals surface area (Å²) in [5, 5.41) is 10.6. The molecule has 0 amide bonds. The molecule has 3 heteroatoms. The summed E-state index contributed by atoms with van der Waals surface area (Å²) in [4.78, 5) is 11.5. The van der Waals surface area contributed by atoms with Gasteiger partial charge < -0.3 is 5.11 Å². The zero-order valence-electron chi connectivity index (χ0n) is 8.59. The van der Waals surface area contributed by atoms with Crippen molar-refractivity contribution in [1.29, 1.82) is 0 Å². The molecule has 0 aromatic carbocycles. The molecule has 2 nitrogen and oxygen atoms in total. The number of carbonyl (C=O) groups excluding carboxylic acids is 1. The number of hydrogen-bond acceptors (Lipinski definition) is 2. The number of rotatable bonds is 1. The van der Waals surface area contributed by atoms with Gasteiger partial charge in [-0.05, 0) is 30.3 Å². The van der Waals surface area contributed by atoms with E-state index in [2.05, 4.69) is 19.6 Å². The van der Waals surface area contributed by atoms with E-state index in [0.717, 1.165) is 5.20 Å². The topological polar surface area (TPSA) is 37.3 Å². The average Bonchev–Trinajstić information content (AvgIpc) is 1.92. The number of aliphatic hydroxyl groups is 1. The minimum absolute atomic E-state index is 0.0608. The van der Waals surface area contributed by atoms with Crippen LogP contribution < -0.4 is 0 Å². The van der Waals surface area contributed by atoms with Gasteiger partial charge in [0.1, 0.15) is 0 Å². The Labute approximate surface area is 80.0 Å². The average molecular weight is 196 g/mol. The van der Waals surface area contributed by atoms with Crippen LogP contribution in [0.2, 0.25) is 19.6 Å². The van der Waals surface area contributed by atoms with Crippen molar-refractivity contribution in [3.63, 3.8) is 0 Å². The van der Waals surface area contributed by atoms with Crippen molar-refractivity contribution in [3.8, 4) is 0 Å². The van der Waals surface area contributed by atoms with E-state index < -0.39 is 13.7 Å². The molecule has 0 fully saturated rings. The van der Waals surface area contributed by atoms with Gasteiger partial charge in [0.2, 0.25) is 0 Å². The Morgan fingerprint density at radius 1 is 1.38 bits per heavy atom. The first kappa shape index (κ1) is 10.4. The lowest BCUT2D eigenvalue weighted by Gasteiger charge is -2.26. The summed E-state index contributed by atoms with van der Waals surface area (Å²) in [5.74, 6) is 0.0608. The number of carbonyl (C=O) groups is 1. The Balaban J connectivity index is 3.10. The first-order valence-corrected chi connectivity index (χ1v) is 7.92. The maximum absolute atomic E-state index is 11.5. The summed E-state index contributed by atoms with van der Waals surface area (Å²) in [6, 6.07) is 0. The summed E-state index contributed by atoms with van der Waals surface area (Å²) < 4.78 is 0. The van der Waals surface area contributed by atoms with Gasteiger partial charge >= 0.3 is 0 Å². The van der Waals surface area contributed by atoms with Crippen LogP contribution >= 0.6 is 0 Å². The van der Waals surface area contributed by atoms with Crippen LogP contribution in [0.15, 0.2) is 23.4 Å². The second-order valence-electron chi connectivity index (χ2n) is 4.73. The van der Waals surface area contributed by atoms with Crippen molar-refractivity contribution in [2.24, 2.45) is 0 Å². The van der Waals surface area contributed by atoms with Crippen LogP contribution in [0, 0.1) is 0 Å². The van der Waals surface area contributed by atoms with Gasteiger partial charge in [-0.2, -0.15) is 0 Å². The summed E-state index contributed by atoms with van der Waals surface area (Å²) in [6.45, 7) is 8.00. The second-order valence-corrected chi connectivity index (χ2v) is 9.77. The molecule has 0 saturated heterocycles. The Hall–Kier alpha value is -0.673. The van der Waals surface area contributed by atoms with E-state index in [1.165, 1.54) is 6.08 Å². The van der Waals surface area contributed by atoms with Crippen LogP contribution in [0.3, 0.4) is 0 Å². The summed E-state index contributed by atoms with van der Waals surface area (Å²) in [5.41, 5.74) is -0.941. The highest BCUT2D eigenvalue weighted by Gasteiger charge is 2.30. The number of allylic oxidation sites excluding steroid dienone is 2.